The molecule has 1 aromatic heterocycles. The van der Waals surface area contributed by atoms with Crippen molar-refractivity contribution in [2.24, 2.45) is 11.5 Å². The Hall–Kier alpha value is -0.430. The maximum absolute atomic E-state index is 9.00. The van der Waals surface area contributed by atoms with Crippen molar-refractivity contribution in [3.63, 3.8) is 0 Å². The lowest BCUT2D eigenvalue weighted by atomic mass is 9.88. The summed E-state index contributed by atoms with van der Waals surface area (Å²) >= 11 is 0. The number of rotatable bonds is 7. The first-order valence-electron chi connectivity index (χ1n) is 5.80. The fourth-order valence-corrected chi connectivity index (χ4v) is 1.88. The van der Waals surface area contributed by atoms with Gasteiger partial charge < -0.3 is 21.7 Å². The Morgan fingerprint density at radius 2 is 1.37 bits per heavy atom. The van der Waals surface area contributed by atoms with E-state index in [9.17, 15) is 0 Å². The van der Waals surface area contributed by atoms with Gasteiger partial charge in [-0.15, -0.1) is 24.8 Å². The molecule has 0 amide bonds. The van der Waals surface area contributed by atoms with E-state index < -0.39 is 0 Å². The minimum atomic E-state index is -0.265. The Balaban J connectivity index is 0. The summed E-state index contributed by atoms with van der Waals surface area (Å²) in [6.07, 6.45) is 4.73. The molecule has 7 heteroatoms. The lowest BCUT2D eigenvalue weighted by Crippen LogP contribution is -2.31. The number of aliphatic hydroxyl groups is 2. The van der Waals surface area contributed by atoms with Gasteiger partial charge in [0.15, 0.2) is 0 Å². The molecule has 0 aliphatic heterocycles. The summed E-state index contributed by atoms with van der Waals surface area (Å²) in [5, 5.41) is 18.0. The van der Waals surface area contributed by atoms with Crippen molar-refractivity contribution < 1.29 is 10.2 Å². The van der Waals surface area contributed by atoms with Gasteiger partial charge in [0.05, 0.1) is 13.2 Å². The van der Waals surface area contributed by atoms with Gasteiger partial charge in [-0.25, -0.2) is 0 Å². The van der Waals surface area contributed by atoms with Gasteiger partial charge in [-0.2, -0.15) is 0 Å². The molecule has 1 heterocycles. The molecule has 0 spiro atoms. The molecule has 0 aliphatic rings. The van der Waals surface area contributed by atoms with Crippen molar-refractivity contribution in [3.8, 4) is 0 Å². The van der Waals surface area contributed by atoms with Crippen molar-refractivity contribution >= 4 is 24.8 Å². The van der Waals surface area contributed by atoms with E-state index in [1.54, 1.807) is 12.4 Å². The lowest BCUT2D eigenvalue weighted by Gasteiger charge is -2.22. The maximum atomic E-state index is 9.00. The molecular weight excluding hydrogens is 289 g/mol. The molecule has 2 unspecified atom stereocenters. The van der Waals surface area contributed by atoms with Crippen LogP contribution in [0.4, 0.5) is 0 Å². The summed E-state index contributed by atoms with van der Waals surface area (Å²) in [6.45, 7) is -0.0914. The van der Waals surface area contributed by atoms with Gasteiger partial charge in [-0.1, -0.05) is 0 Å². The monoisotopic (exact) mass is 311 g/mol. The first-order valence-corrected chi connectivity index (χ1v) is 5.80. The van der Waals surface area contributed by atoms with Crippen LogP contribution in [0, 0.1) is 0 Å². The zero-order valence-electron chi connectivity index (χ0n) is 10.7. The molecule has 0 radical (unpaired) electrons. The van der Waals surface area contributed by atoms with Gasteiger partial charge in [0.1, 0.15) is 0 Å². The van der Waals surface area contributed by atoms with Crippen LogP contribution in [0.2, 0.25) is 0 Å². The van der Waals surface area contributed by atoms with Crippen LogP contribution in [0.15, 0.2) is 24.5 Å². The first-order chi connectivity index (χ1) is 8.17. The van der Waals surface area contributed by atoms with Crippen molar-refractivity contribution in [1.29, 1.82) is 0 Å². The number of nitrogens with zero attached hydrogens (tertiary/aromatic N) is 1. The first kappa shape index (κ1) is 20.9. The van der Waals surface area contributed by atoms with E-state index in [2.05, 4.69) is 4.98 Å². The molecule has 0 saturated carbocycles. The molecule has 1 rings (SSSR count). The zero-order valence-corrected chi connectivity index (χ0v) is 12.3. The summed E-state index contributed by atoms with van der Waals surface area (Å²) in [5.41, 5.74) is 12.6. The lowest BCUT2D eigenvalue weighted by molar-refractivity contribution is 0.235. The van der Waals surface area contributed by atoms with Crippen LogP contribution in [0.1, 0.15) is 24.3 Å². The standard InChI is InChI=1S/C12H21N3O2.2ClH/c13-11(7-16)5-10(6-12(14)8-17)9-1-3-15-4-2-9;;/h1-4,10-12,16-17H,5-8,13-14H2;2*1H. The normalized spacial score (nSPS) is 14.7. The highest BCUT2D eigenvalue weighted by atomic mass is 35.5. The van der Waals surface area contributed by atoms with Crippen molar-refractivity contribution in [1.82, 2.24) is 4.98 Å². The van der Waals surface area contributed by atoms with Gasteiger partial charge in [0.25, 0.3) is 0 Å². The number of pyridine rings is 1. The van der Waals surface area contributed by atoms with Gasteiger partial charge in [-0.3, -0.25) is 4.98 Å². The third kappa shape index (κ3) is 7.67. The Kier molecular flexibility index (Phi) is 12.5. The molecule has 2 atom stereocenters. The van der Waals surface area contributed by atoms with E-state index in [-0.39, 0.29) is 56.0 Å². The van der Waals surface area contributed by atoms with Crippen molar-refractivity contribution in [2.45, 2.75) is 30.8 Å². The van der Waals surface area contributed by atoms with Crippen LogP contribution < -0.4 is 11.5 Å². The molecule has 19 heavy (non-hydrogen) atoms. The molecule has 112 valence electrons. The second-order valence-electron chi connectivity index (χ2n) is 4.33. The summed E-state index contributed by atoms with van der Waals surface area (Å²) < 4.78 is 0. The number of hydrogen-bond acceptors (Lipinski definition) is 5. The topological polar surface area (TPSA) is 105 Å². The zero-order chi connectivity index (χ0) is 12.7. The predicted octanol–water partition coefficient (Wildman–Crippen LogP) is 0.428. The average molecular weight is 312 g/mol. The van der Waals surface area contributed by atoms with Crippen LogP contribution in [0.3, 0.4) is 0 Å². The number of nitrogens with two attached hydrogens (primary N) is 2. The summed E-state index contributed by atoms with van der Waals surface area (Å²) in [6, 6.07) is 3.30. The van der Waals surface area contributed by atoms with E-state index >= 15 is 0 Å². The highest BCUT2D eigenvalue weighted by molar-refractivity contribution is 5.85. The molecule has 0 aliphatic carbocycles. The molecule has 1 aromatic rings. The average Bonchev–Trinajstić information content (AvgIpc) is 2.38. The second-order valence-corrected chi connectivity index (χ2v) is 4.33. The highest BCUT2D eigenvalue weighted by Crippen LogP contribution is 2.25. The Morgan fingerprint density at radius 3 is 1.74 bits per heavy atom. The number of aliphatic hydroxyl groups excluding tert-OH is 2. The summed E-state index contributed by atoms with van der Waals surface area (Å²) in [4.78, 5) is 3.97. The van der Waals surface area contributed by atoms with E-state index in [0.717, 1.165) is 5.56 Å². The van der Waals surface area contributed by atoms with Gasteiger partial charge in [0, 0.05) is 24.5 Å². The molecule has 0 bridgehead atoms. The third-order valence-corrected chi connectivity index (χ3v) is 2.82. The molecule has 0 fully saturated rings. The van der Waals surface area contributed by atoms with E-state index in [4.69, 9.17) is 21.7 Å². The summed E-state index contributed by atoms with van der Waals surface area (Å²) in [5.74, 6) is 0.141. The van der Waals surface area contributed by atoms with E-state index in [0.29, 0.717) is 12.8 Å². The smallest absolute Gasteiger partial charge is 0.0582 e. The quantitative estimate of drug-likeness (QED) is 0.584. The van der Waals surface area contributed by atoms with Gasteiger partial charge >= 0.3 is 0 Å². The molecule has 6 N–H and O–H groups in total. The van der Waals surface area contributed by atoms with Gasteiger partial charge in [-0.05, 0) is 36.5 Å². The Labute approximate surface area is 126 Å². The molecular formula is C12H23Cl2N3O2. The maximum Gasteiger partial charge on any atom is 0.0582 e. The fourth-order valence-electron chi connectivity index (χ4n) is 1.88. The van der Waals surface area contributed by atoms with Gasteiger partial charge in [0.2, 0.25) is 0 Å². The van der Waals surface area contributed by atoms with E-state index in [1.807, 2.05) is 12.1 Å². The van der Waals surface area contributed by atoms with Crippen LogP contribution in [-0.4, -0.2) is 40.5 Å². The number of aromatic nitrogens is 1. The van der Waals surface area contributed by atoms with Crippen LogP contribution in [0.25, 0.3) is 0 Å². The fraction of sp³-hybridized carbons (Fsp3) is 0.583. The van der Waals surface area contributed by atoms with Crippen molar-refractivity contribution in [2.75, 3.05) is 13.2 Å². The van der Waals surface area contributed by atoms with Crippen LogP contribution in [0.5, 0.6) is 0 Å². The predicted molar refractivity (Wildman–Crippen MR) is 80.8 cm³/mol. The number of hydrogen-bond donors (Lipinski definition) is 4. The molecule has 5 nitrogen and oxygen atoms in total. The minimum Gasteiger partial charge on any atom is -0.395 e. The molecule has 0 aromatic carbocycles. The molecule has 0 saturated heterocycles. The van der Waals surface area contributed by atoms with E-state index in [1.165, 1.54) is 0 Å². The second kappa shape index (κ2) is 11.4. The largest absolute Gasteiger partial charge is 0.395 e. The minimum absolute atomic E-state index is 0. The third-order valence-electron chi connectivity index (χ3n) is 2.82. The summed E-state index contributed by atoms with van der Waals surface area (Å²) in [7, 11) is 0. The van der Waals surface area contributed by atoms with Crippen molar-refractivity contribution in [3.05, 3.63) is 30.1 Å². The highest BCUT2D eigenvalue weighted by Gasteiger charge is 2.18. The Bertz CT molecular complexity index is 305. The number of halogens is 2. The SMILES string of the molecule is Cl.Cl.NC(CO)CC(CC(N)CO)c1ccncc1. The van der Waals surface area contributed by atoms with Crippen LogP contribution in [-0.2, 0) is 0 Å². The Morgan fingerprint density at radius 1 is 0.947 bits per heavy atom. The van der Waals surface area contributed by atoms with Crippen LogP contribution >= 0.6 is 24.8 Å².